The molecule has 0 unspecified atom stereocenters. The summed E-state index contributed by atoms with van der Waals surface area (Å²) in [5.41, 5.74) is 0. The normalized spacial score (nSPS) is 6.83. The van der Waals surface area contributed by atoms with Crippen molar-refractivity contribution >= 4 is 5.97 Å². The molecule has 0 fully saturated rings. The van der Waals surface area contributed by atoms with Gasteiger partial charge in [-0.2, -0.15) is 0 Å². The maximum atomic E-state index is 9.53. The topological polar surface area (TPSA) is 46.2 Å². The van der Waals surface area contributed by atoms with Crippen LogP contribution >= 0.6 is 0 Å². The van der Waals surface area contributed by atoms with Crippen LogP contribution in [0.3, 0.4) is 0 Å². The van der Waals surface area contributed by atoms with E-state index in [1.54, 1.807) is 0 Å². The van der Waals surface area contributed by atoms with Gasteiger partial charge in [0, 0.05) is 11.3 Å². The zero-order chi connectivity index (χ0) is 4.99. The second kappa shape index (κ2) is 2.41. The molecule has 6 heavy (non-hydrogen) atoms. The molecule has 0 spiro atoms. The van der Waals surface area contributed by atoms with Crippen LogP contribution in [0.1, 0.15) is 0 Å². The van der Waals surface area contributed by atoms with E-state index in [9.17, 15) is 4.79 Å². The fraction of sp³-hybridized carbons (Fsp3) is 0. The summed E-state index contributed by atoms with van der Waals surface area (Å²) >= 11 is 0. The molecule has 0 aromatic carbocycles. The molecule has 0 atom stereocenters. The van der Waals surface area contributed by atoms with Crippen molar-refractivity contribution in [1.29, 1.82) is 0 Å². The zero-order valence-corrected chi connectivity index (χ0v) is 3.01. The van der Waals surface area contributed by atoms with E-state index in [0.29, 0.717) is 0 Å². The Morgan fingerprint density at radius 2 is 2.33 bits per heavy atom. The fourth-order valence-electron chi connectivity index (χ4n) is 0.0340. The van der Waals surface area contributed by atoms with Crippen LogP contribution < -0.4 is 0 Å². The molecule has 0 aliphatic rings. The Labute approximate surface area is 34.8 Å². The lowest BCUT2D eigenvalue weighted by atomic mass is 10.7. The van der Waals surface area contributed by atoms with Crippen molar-refractivity contribution in [2.24, 2.45) is 0 Å². The van der Waals surface area contributed by atoms with Crippen LogP contribution in [0.5, 0.6) is 0 Å². The highest BCUT2D eigenvalue weighted by atomic mass is 17.1. The average Bonchev–Trinajstić information content (AvgIpc) is 1.65. The summed E-state index contributed by atoms with van der Waals surface area (Å²) < 4.78 is 0. The van der Waals surface area contributed by atoms with Crippen LogP contribution in [0, 0.1) is 0 Å². The highest BCUT2D eigenvalue weighted by Crippen LogP contribution is 1.68. The molecule has 0 saturated heterocycles. The van der Waals surface area contributed by atoms with Crippen LogP contribution in [0.2, 0.25) is 0 Å². The summed E-state index contributed by atoms with van der Waals surface area (Å²) in [5.74, 6) is -0.949. The lowest BCUT2D eigenvalue weighted by molar-refractivity contribution is -0.272. The molecule has 33 valence electrons. The van der Waals surface area contributed by atoms with Crippen molar-refractivity contribution in [3.8, 4) is 0 Å². The second-order valence-electron chi connectivity index (χ2n) is 0.606. The largest absolute Gasteiger partial charge is 0.368 e. The summed E-state index contributed by atoms with van der Waals surface area (Å²) in [6.07, 6.45) is 0.799. The van der Waals surface area contributed by atoms with Crippen molar-refractivity contribution in [3.05, 3.63) is 12.7 Å². The Morgan fingerprint density at radius 3 is 2.33 bits per heavy atom. The van der Waals surface area contributed by atoms with Gasteiger partial charge in [-0.3, -0.25) is 4.89 Å². The summed E-state index contributed by atoms with van der Waals surface area (Å²) in [7, 11) is 0. The number of rotatable bonds is 1. The molecule has 0 bridgehead atoms. The van der Waals surface area contributed by atoms with Crippen molar-refractivity contribution < 1.29 is 14.9 Å². The molecule has 0 aromatic rings. The molecule has 3 nitrogen and oxygen atoms in total. The van der Waals surface area contributed by atoms with Gasteiger partial charge < -0.3 is 0 Å². The second-order valence-corrected chi connectivity index (χ2v) is 0.606. The van der Waals surface area contributed by atoms with Crippen LogP contribution in [0.4, 0.5) is 0 Å². The summed E-state index contributed by atoms with van der Waals surface area (Å²) in [5, 5.41) is 8.94. The summed E-state index contributed by atoms with van der Waals surface area (Å²) in [4.78, 5) is 12.4. The van der Waals surface area contributed by atoms with Gasteiger partial charge in [-0.05, 0) is 0 Å². The van der Waals surface area contributed by atoms with Gasteiger partial charge in [0.2, 0.25) is 0 Å². The van der Waals surface area contributed by atoms with Gasteiger partial charge in [0.25, 0.3) is 0 Å². The Bertz CT molecular complexity index is 66.4. The van der Waals surface area contributed by atoms with E-state index in [1.807, 2.05) is 0 Å². The predicted molar refractivity (Wildman–Crippen MR) is 17.0 cm³/mol. The van der Waals surface area contributed by atoms with Gasteiger partial charge in [-0.25, -0.2) is 4.79 Å². The first-order chi connectivity index (χ1) is 2.81. The smallest absolute Gasteiger partial charge is 0.261 e. The molecular weight excluding hydrogens is 84.0 g/mol. The van der Waals surface area contributed by atoms with Gasteiger partial charge in [0.15, 0.2) is 0 Å². The first-order valence-corrected chi connectivity index (χ1v) is 1.27. The van der Waals surface area contributed by atoms with Gasteiger partial charge >= 0.3 is 5.97 Å². The quantitative estimate of drug-likeness (QED) is 0.258. The van der Waals surface area contributed by atoms with Crippen molar-refractivity contribution in [3.63, 3.8) is 0 Å². The monoisotopic (exact) mass is 87.0 g/mol. The average molecular weight is 87.1 g/mol. The van der Waals surface area contributed by atoms with E-state index in [4.69, 9.17) is 5.26 Å². The minimum Gasteiger partial charge on any atom is -0.261 e. The molecule has 0 aromatic heterocycles. The third-order valence-electron chi connectivity index (χ3n) is 0.249. The summed E-state index contributed by atoms with van der Waals surface area (Å²) in [6, 6.07) is 0. The number of hydrogen-bond acceptors (Lipinski definition) is 2. The molecule has 0 aliphatic heterocycles. The Hall–Kier alpha value is -0.830. The molecule has 3 heteroatoms. The van der Waals surface area contributed by atoms with Crippen LogP contribution in [0.15, 0.2) is 12.7 Å². The maximum absolute atomic E-state index is 9.53. The van der Waals surface area contributed by atoms with E-state index < -0.39 is 5.97 Å². The molecule has 0 heterocycles. The molecular formula is C3H3O3. The van der Waals surface area contributed by atoms with E-state index >= 15 is 0 Å². The van der Waals surface area contributed by atoms with Crippen LogP contribution in [0.25, 0.3) is 0 Å². The Kier molecular flexibility index (Phi) is 2.08. The molecule has 0 rings (SSSR count). The number of carbonyl (C=O) groups excluding carboxylic acids is 1. The zero-order valence-electron chi connectivity index (χ0n) is 3.01. The van der Waals surface area contributed by atoms with Crippen molar-refractivity contribution in [2.45, 2.75) is 0 Å². The van der Waals surface area contributed by atoms with Gasteiger partial charge in [-0.1, -0.05) is 6.58 Å². The first-order valence-electron chi connectivity index (χ1n) is 1.27. The minimum atomic E-state index is -0.949. The Balaban J connectivity index is 3.23. The standard InChI is InChI=1S/C3H3O3/c1-2-3(4)6-5/h2H,1H2. The minimum absolute atomic E-state index is 0.799. The lowest BCUT2D eigenvalue weighted by Crippen LogP contribution is -1.90. The lowest BCUT2D eigenvalue weighted by Gasteiger charge is -1.74. The van der Waals surface area contributed by atoms with E-state index in [0.717, 1.165) is 6.08 Å². The highest BCUT2D eigenvalue weighted by Gasteiger charge is 1.87. The highest BCUT2D eigenvalue weighted by molar-refractivity contribution is 5.80. The van der Waals surface area contributed by atoms with Crippen molar-refractivity contribution in [1.82, 2.24) is 0 Å². The molecule has 0 N–H and O–H groups in total. The molecule has 0 saturated carbocycles. The SMILES string of the molecule is C=CC(=O)O[O]. The first kappa shape index (κ1) is 5.17. The van der Waals surface area contributed by atoms with E-state index in [2.05, 4.69) is 11.5 Å². The summed E-state index contributed by atoms with van der Waals surface area (Å²) in [6.45, 7) is 2.96. The van der Waals surface area contributed by atoms with Crippen LogP contribution in [-0.2, 0) is 14.9 Å². The third-order valence-corrected chi connectivity index (χ3v) is 0.249. The maximum Gasteiger partial charge on any atom is 0.368 e. The predicted octanol–water partition coefficient (Wildman–Crippen LogP) is 0.0611. The third kappa shape index (κ3) is 1.49. The molecule has 1 radical (unpaired) electrons. The van der Waals surface area contributed by atoms with Gasteiger partial charge in [-0.15, -0.1) is 0 Å². The van der Waals surface area contributed by atoms with Gasteiger partial charge in [0.1, 0.15) is 0 Å². The Morgan fingerprint density at radius 1 is 1.83 bits per heavy atom. The number of hydrogen-bond donors (Lipinski definition) is 0. The van der Waals surface area contributed by atoms with E-state index in [1.165, 1.54) is 0 Å². The van der Waals surface area contributed by atoms with Gasteiger partial charge in [0.05, 0.1) is 0 Å². The number of carbonyl (C=O) groups is 1. The fourth-order valence-corrected chi connectivity index (χ4v) is 0.0340. The van der Waals surface area contributed by atoms with Crippen LogP contribution in [-0.4, -0.2) is 5.97 Å². The van der Waals surface area contributed by atoms with Crippen molar-refractivity contribution in [2.75, 3.05) is 0 Å². The molecule has 0 aliphatic carbocycles. The molecule has 0 amide bonds. The van der Waals surface area contributed by atoms with E-state index in [-0.39, 0.29) is 0 Å².